The van der Waals surface area contributed by atoms with Gasteiger partial charge >= 0.3 is 12.4 Å². The molecule has 0 aliphatic carbocycles. The Balaban J connectivity index is 1.81. The topological polar surface area (TPSA) is 37.4 Å². The number of nitrogens with zero attached hydrogens (tertiary/aromatic N) is 1. The van der Waals surface area contributed by atoms with Crippen molar-refractivity contribution in [3.8, 4) is 0 Å². The van der Waals surface area contributed by atoms with E-state index in [9.17, 15) is 40.3 Å². The van der Waals surface area contributed by atoms with Crippen LogP contribution >= 0.6 is 0 Å². The molecule has 30 heavy (non-hydrogen) atoms. The fraction of sp³-hybridized carbons (Fsp3) is 0.200. The van der Waals surface area contributed by atoms with Gasteiger partial charge in [-0.05, 0) is 48.4 Å². The lowest BCUT2D eigenvalue weighted by atomic mass is 10.0. The SMILES string of the molecule is O=C1c2ccccc2C(=O)N1C/C(F)=C\Cc1cc(C(F)(F)F)cc(C(F)(F)F)c1. The fourth-order valence-electron chi connectivity index (χ4n) is 2.96. The van der Waals surface area contributed by atoms with Gasteiger partial charge < -0.3 is 0 Å². The zero-order chi connectivity index (χ0) is 22.3. The van der Waals surface area contributed by atoms with Crippen LogP contribution in [0, 0.1) is 0 Å². The molecule has 0 aromatic heterocycles. The zero-order valence-electron chi connectivity index (χ0n) is 14.9. The first-order chi connectivity index (χ1) is 13.9. The van der Waals surface area contributed by atoms with Crippen molar-refractivity contribution in [3.05, 3.63) is 82.2 Å². The van der Waals surface area contributed by atoms with Crippen LogP contribution in [0.15, 0.2) is 54.4 Å². The van der Waals surface area contributed by atoms with Crippen molar-refractivity contribution in [1.29, 1.82) is 0 Å². The van der Waals surface area contributed by atoms with Crippen molar-refractivity contribution >= 4 is 11.8 Å². The van der Waals surface area contributed by atoms with E-state index >= 15 is 0 Å². The van der Waals surface area contributed by atoms with Crippen molar-refractivity contribution < 1.29 is 40.3 Å². The van der Waals surface area contributed by atoms with Gasteiger partial charge in [0, 0.05) is 0 Å². The Morgan fingerprint density at radius 2 is 1.30 bits per heavy atom. The molecule has 0 fully saturated rings. The van der Waals surface area contributed by atoms with Gasteiger partial charge in [0.25, 0.3) is 11.8 Å². The summed E-state index contributed by atoms with van der Waals surface area (Å²) in [6, 6.07) is 6.76. The molecule has 0 saturated carbocycles. The summed E-state index contributed by atoms with van der Waals surface area (Å²) in [5.74, 6) is -2.52. The highest BCUT2D eigenvalue weighted by Crippen LogP contribution is 2.36. The number of halogens is 7. The molecule has 2 amide bonds. The first-order valence-electron chi connectivity index (χ1n) is 8.46. The lowest BCUT2D eigenvalue weighted by Gasteiger charge is -2.14. The maximum Gasteiger partial charge on any atom is 0.416 e. The summed E-state index contributed by atoms with van der Waals surface area (Å²) in [5.41, 5.74) is -3.27. The van der Waals surface area contributed by atoms with Crippen molar-refractivity contribution in [1.82, 2.24) is 4.90 Å². The molecule has 2 aromatic rings. The Kier molecular flexibility index (Phi) is 5.44. The summed E-state index contributed by atoms with van der Waals surface area (Å²) in [5, 5.41) is 0. The van der Waals surface area contributed by atoms with Crippen LogP contribution in [0.4, 0.5) is 30.7 Å². The van der Waals surface area contributed by atoms with Crippen LogP contribution in [0.1, 0.15) is 37.4 Å². The quantitative estimate of drug-likeness (QED) is 0.479. The summed E-state index contributed by atoms with van der Waals surface area (Å²) >= 11 is 0. The largest absolute Gasteiger partial charge is 0.416 e. The van der Waals surface area contributed by atoms with Gasteiger partial charge in [0.05, 0.1) is 28.8 Å². The number of alkyl halides is 6. The monoisotopic (exact) mass is 431 g/mol. The number of benzene rings is 2. The summed E-state index contributed by atoms with van der Waals surface area (Å²) in [7, 11) is 0. The third-order valence-corrected chi connectivity index (χ3v) is 4.39. The number of amides is 2. The van der Waals surface area contributed by atoms with E-state index in [4.69, 9.17) is 0 Å². The Hall–Kier alpha value is -3.17. The van der Waals surface area contributed by atoms with Crippen molar-refractivity contribution in [2.24, 2.45) is 0 Å². The number of imide groups is 1. The third-order valence-electron chi connectivity index (χ3n) is 4.39. The van der Waals surface area contributed by atoms with Gasteiger partial charge in [-0.15, -0.1) is 0 Å². The summed E-state index contributed by atoms with van der Waals surface area (Å²) in [6.45, 7) is -0.780. The number of carbonyl (C=O) groups excluding carboxylic acids is 2. The average Bonchev–Trinajstić information content (AvgIpc) is 2.90. The maximum atomic E-state index is 14.2. The van der Waals surface area contributed by atoms with Crippen LogP contribution in [-0.4, -0.2) is 23.3 Å². The van der Waals surface area contributed by atoms with E-state index in [0.717, 1.165) is 6.08 Å². The summed E-state index contributed by atoms with van der Waals surface area (Å²) in [4.78, 5) is 25.0. The van der Waals surface area contributed by atoms with E-state index in [2.05, 4.69) is 0 Å². The number of hydrogen-bond donors (Lipinski definition) is 0. The number of hydrogen-bond acceptors (Lipinski definition) is 2. The molecule has 2 aromatic carbocycles. The second-order valence-electron chi connectivity index (χ2n) is 6.51. The van der Waals surface area contributed by atoms with Crippen LogP contribution in [0.2, 0.25) is 0 Å². The number of carbonyl (C=O) groups is 2. The zero-order valence-corrected chi connectivity index (χ0v) is 14.9. The van der Waals surface area contributed by atoms with E-state index in [1.165, 1.54) is 24.3 Å². The predicted molar refractivity (Wildman–Crippen MR) is 91.2 cm³/mol. The van der Waals surface area contributed by atoms with Gasteiger partial charge in [0.1, 0.15) is 5.83 Å². The minimum Gasteiger partial charge on any atom is -0.269 e. The molecule has 3 nitrogen and oxygen atoms in total. The van der Waals surface area contributed by atoms with Crippen LogP contribution in [0.25, 0.3) is 0 Å². The van der Waals surface area contributed by atoms with Crippen molar-refractivity contribution in [2.75, 3.05) is 6.54 Å². The Labute approximate surface area is 165 Å². The van der Waals surface area contributed by atoms with E-state index in [1.54, 1.807) is 0 Å². The molecule has 10 heteroatoms. The van der Waals surface area contributed by atoms with Crippen LogP contribution < -0.4 is 0 Å². The summed E-state index contributed by atoms with van der Waals surface area (Å²) < 4.78 is 91.5. The molecule has 158 valence electrons. The van der Waals surface area contributed by atoms with E-state index in [1.807, 2.05) is 0 Å². The Morgan fingerprint density at radius 3 is 1.73 bits per heavy atom. The molecular formula is C20H12F7NO2. The van der Waals surface area contributed by atoms with Crippen LogP contribution in [-0.2, 0) is 18.8 Å². The van der Waals surface area contributed by atoms with E-state index in [-0.39, 0.29) is 17.2 Å². The highest BCUT2D eigenvalue weighted by atomic mass is 19.4. The average molecular weight is 431 g/mol. The predicted octanol–water partition coefficient (Wildman–Crippen LogP) is 5.42. The Bertz CT molecular complexity index is 971. The molecular weight excluding hydrogens is 419 g/mol. The molecule has 3 rings (SSSR count). The van der Waals surface area contributed by atoms with Gasteiger partial charge in [-0.2, -0.15) is 26.3 Å². The van der Waals surface area contributed by atoms with Gasteiger partial charge in [-0.1, -0.05) is 12.1 Å². The molecule has 0 bridgehead atoms. The lowest BCUT2D eigenvalue weighted by Crippen LogP contribution is -2.31. The normalized spacial score (nSPS) is 15.0. The maximum absolute atomic E-state index is 14.2. The molecule has 1 aliphatic rings. The number of allylic oxidation sites excluding steroid dienone is 1. The Morgan fingerprint density at radius 1 is 0.833 bits per heavy atom. The van der Waals surface area contributed by atoms with Gasteiger partial charge in [0.15, 0.2) is 0 Å². The summed E-state index contributed by atoms with van der Waals surface area (Å²) in [6.07, 6.45) is -9.89. The molecule has 0 atom stereocenters. The lowest BCUT2D eigenvalue weighted by molar-refractivity contribution is -0.143. The van der Waals surface area contributed by atoms with Crippen molar-refractivity contribution in [3.63, 3.8) is 0 Å². The molecule has 0 unspecified atom stereocenters. The second-order valence-corrected chi connectivity index (χ2v) is 6.51. The minimum atomic E-state index is -5.02. The minimum absolute atomic E-state index is 0.0254. The fourth-order valence-corrected chi connectivity index (χ4v) is 2.96. The number of rotatable bonds is 4. The highest BCUT2D eigenvalue weighted by molar-refractivity contribution is 6.21. The smallest absolute Gasteiger partial charge is 0.269 e. The molecule has 1 heterocycles. The van der Waals surface area contributed by atoms with E-state index < -0.39 is 59.6 Å². The van der Waals surface area contributed by atoms with Gasteiger partial charge in [-0.3, -0.25) is 14.5 Å². The first kappa shape index (κ1) is 21.5. The first-order valence-corrected chi connectivity index (χ1v) is 8.46. The van der Waals surface area contributed by atoms with Crippen LogP contribution in [0.5, 0.6) is 0 Å². The van der Waals surface area contributed by atoms with Gasteiger partial charge in [-0.25, -0.2) is 4.39 Å². The number of fused-ring (bicyclic) bond motifs is 1. The van der Waals surface area contributed by atoms with Crippen molar-refractivity contribution in [2.45, 2.75) is 18.8 Å². The standard InChI is InChI=1S/C20H12F7NO2/c21-14(10-28-17(29)15-3-1-2-4-16(15)18(28)30)6-5-11-7-12(19(22,23)24)9-13(8-11)20(25,26)27/h1-4,6-9H,5,10H2/b14-6+. The highest BCUT2D eigenvalue weighted by Gasteiger charge is 2.37. The van der Waals surface area contributed by atoms with Gasteiger partial charge in [0.2, 0.25) is 0 Å². The molecule has 0 saturated heterocycles. The molecule has 0 radical (unpaired) electrons. The molecule has 0 spiro atoms. The van der Waals surface area contributed by atoms with Crippen LogP contribution in [0.3, 0.4) is 0 Å². The third kappa shape index (κ3) is 4.37. The van der Waals surface area contributed by atoms with E-state index in [0.29, 0.717) is 17.0 Å². The molecule has 0 N–H and O–H groups in total. The second kappa shape index (κ2) is 7.58. The molecule has 1 aliphatic heterocycles.